The monoisotopic (exact) mass is 252 g/mol. The zero-order valence-corrected chi connectivity index (χ0v) is 11.2. The fourth-order valence-corrected chi connectivity index (χ4v) is 1.44. The molecule has 0 atom stereocenters. The summed E-state index contributed by atoms with van der Waals surface area (Å²) in [6.07, 6.45) is 4.97. The number of nitrogens with one attached hydrogen (secondary N) is 1. The summed E-state index contributed by atoms with van der Waals surface area (Å²) < 4.78 is 18.6. The topological polar surface area (TPSA) is 34.1 Å². The van der Waals surface area contributed by atoms with Gasteiger partial charge in [-0.2, -0.15) is 0 Å². The van der Waals surface area contributed by atoms with Crippen molar-refractivity contribution in [3.05, 3.63) is 35.8 Å². The first kappa shape index (κ1) is 14.6. The molecule has 0 saturated heterocycles. The van der Waals surface area contributed by atoms with Gasteiger partial charge in [-0.1, -0.05) is 26.0 Å². The summed E-state index contributed by atoms with van der Waals surface area (Å²) in [5.41, 5.74) is 0.750. The molecule has 0 spiro atoms. The largest absolute Gasteiger partial charge is 0.473 e. The van der Waals surface area contributed by atoms with E-state index in [1.54, 1.807) is 0 Å². The van der Waals surface area contributed by atoms with Gasteiger partial charge < -0.3 is 10.1 Å². The average molecular weight is 252 g/mol. The van der Waals surface area contributed by atoms with Crippen LogP contribution in [0.4, 0.5) is 4.39 Å². The summed E-state index contributed by atoms with van der Waals surface area (Å²) in [5, 5.41) is 3.25. The number of halogens is 1. The van der Waals surface area contributed by atoms with E-state index in [9.17, 15) is 4.39 Å². The van der Waals surface area contributed by atoms with Crippen LogP contribution in [0.1, 0.15) is 26.3 Å². The second kappa shape index (κ2) is 7.82. The highest BCUT2D eigenvalue weighted by Gasteiger charge is 2.07. The van der Waals surface area contributed by atoms with E-state index in [-0.39, 0.29) is 5.82 Å². The first-order valence-corrected chi connectivity index (χ1v) is 6.22. The zero-order chi connectivity index (χ0) is 13.4. The van der Waals surface area contributed by atoms with Crippen LogP contribution in [0.2, 0.25) is 0 Å². The van der Waals surface area contributed by atoms with Crippen LogP contribution in [0.3, 0.4) is 0 Å². The maximum absolute atomic E-state index is 13.2. The van der Waals surface area contributed by atoms with Gasteiger partial charge in [-0.05, 0) is 25.5 Å². The molecule has 1 heterocycles. The van der Waals surface area contributed by atoms with Crippen molar-refractivity contribution in [3.8, 4) is 5.88 Å². The van der Waals surface area contributed by atoms with E-state index < -0.39 is 0 Å². The molecule has 0 fully saturated rings. The minimum atomic E-state index is -0.338. The van der Waals surface area contributed by atoms with Crippen molar-refractivity contribution in [2.75, 3.05) is 13.2 Å². The van der Waals surface area contributed by atoms with Crippen LogP contribution in [-0.2, 0) is 6.54 Å². The summed E-state index contributed by atoms with van der Waals surface area (Å²) in [6.45, 7) is 8.07. The highest BCUT2D eigenvalue weighted by molar-refractivity contribution is 5.26. The van der Waals surface area contributed by atoms with E-state index in [0.29, 0.717) is 24.9 Å². The summed E-state index contributed by atoms with van der Waals surface area (Å²) in [7, 11) is 0. The van der Waals surface area contributed by atoms with Crippen LogP contribution >= 0.6 is 0 Å². The molecule has 1 aromatic rings. The Kier molecular flexibility index (Phi) is 6.36. The third kappa shape index (κ3) is 5.27. The molecule has 100 valence electrons. The van der Waals surface area contributed by atoms with Crippen LogP contribution in [0.25, 0.3) is 0 Å². The molecule has 0 saturated carbocycles. The molecule has 0 aliphatic heterocycles. The number of hydrogen-bond acceptors (Lipinski definition) is 3. The lowest BCUT2D eigenvalue weighted by molar-refractivity contribution is 0.340. The van der Waals surface area contributed by atoms with Gasteiger partial charge in [0, 0.05) is 12.1 Å². The van der Waals surface area contributed by atoms with Crippen LogP contribution in [-0.4, -0.2) is 18.1 Å². The van der Waals surface area contributed by atoms with E-state index in [1.165, 1.54) is 12.3 Å². The highest BCUT2D eigenvalue weighted by Crippen LogP contribution is 2.16. The van der Waals surface area contributed by atoms with Gasteiger partial charge in [0.25, 0.3) is 0 Å². The minimum absolute atomic E-state index is 0.338. The smallest absolute Gasteiger partial charge is 0.218 e. The molecule has 18 heavy (non-hydrogen) atoms. The molecule has 0 aliphatic carbocycles. The third-order valence-electron chi connectivity index (χ3n) is 2.31. The van der Waals surface area contributed by atoms with E-state index in [2.05, 4.69) is 24.1 Å². The van der Waals surface area contributed by atoms with E-state index in [0.717, 1.165) is 12.1 Å². The van der Waals surface area contributed by atoms with Gasteiger partial charge >= 0.3 is 0 Å². The number of ether oxygens (including phenoxy) is 1. The predicted molar refractivity (Wildman–Crippen MR) is 71.0 cm³/mol. The van der Waals surface area contributed by atoms with E-state index >= 15 is 0 Å². The Morgan fingerprint density at radius 3 is 2.94 bits per heavy atom. The number of allylic oxidation sites excluding steroid dienone is 1. The molecule has 4 heteroatoms. The standard InChI is InChI=1S/C14H21FN2O/c1-4-5-6-18-14-12(7-13(15)10-17-14)9-16-8-11(2)3/h4-5,7,10-11,16H,6,8-9H2,1-3H3/b5-4+. The van der Waals surface area contributed by atoms with Gasteiger partial charge in [0.15, 0.2) is 0 Å². The minimum Gasteiger partial charge on any atom is -0.473 e. The molecular formula is C14H21FN2O. The highest BCUT2D eigenvalue weighted by atomic mass is 19.1. The van der Waals surface area contributed by atoms with Crippen molar-refractivity contribution >= 4 is 0 Å². The van der Waals surface area contributed by atoms with Crippen LogP contribution < -0.4 is 10.1 Å². The van der Waals surface area contributed by atoms with Gasteiger partial charge in [0.05, 0.1) is 6.20 Å². The van der Waals surface area contributed by atoms with Crippen molar-refractivity contribution < 1.29 is 9.13 Å². The predicted octanol–water partition coefficient (Wildman–Crippen LogP) is 2.92. The Labute approximate surface area is 108 Å². The lowest BCUT2D eigenvalue weighted by Gasteiger charge is -2.11. The fourth-order valence-electron chi connectivity index (χ4n) is 1.44. The maximum Gasteiger partial charge on any atom is 0.218 e. The Hall–Kier alpha value is -1.42. The molecule has 0 bridgehead atoms. The van der Waals surface area contributed by atoms with Crippen molar-refractivity contribution in [3.63, 3.8) is 0 Å². The van der Waals surface area contributed by atoms with Gasteiger partial charge in [-0.3, -0.25) is 0 Å². The lowest BCUT2D eigenvalue weighted by Crippen LogP contribution is -2.19. The maximum atomic E-state index is 13.2. The van der Waals surface area contributed by atoms with Crippen molar-refractivity contribution in [1.82, 2.24) is 10.3 Å². The second-order valence-corrected chi connectivity index (χ2v) is 4.52. The van der Waals surface area contributed by atoms with E-state index in [1.807, 2.05) is 19.1 Å². The van der Waals surface area contributed by atoms with Gasteiger partial charge in [0.1, 0.15) is 12.4 Å². The van der Waals surface area contributed by atoms with Crippen LogP contribution in [0.5, 0.6) is 5.88 Å². The molecule has 0 unspecified atom stereocenters. The Morgan fingerprint density at radius 1 is 1.50 bits per heavy atom. The average Bonchev–Trinajstić information content (AvgIpc) is 2.31. The Bertz CT molecular complexity index is 391. The summed E-state index contributed by atoms with van der Waals surface area (Å²) in [4.78, 5) is 3.98. The number of hydrogen-bond donors (Lipinski definition) is 1. The van der Waals surface area contributed by atoms with Gasteiger partial charge in [0.2, 0.25) is 5.88 Å². The first-order valence-electron chi connectivity index (χ1n) is 6.22. The summed E-state index contributed by atoms with van der Waals surface area (Å²) in [5.74, 6) is 0.708. The van der Waals surface area contributed by atoms with Gasteiger partial charge in [-0.15, -0.1) is 0 Å². The number of nitrogens with zero attached hydrogens (tertiary/aromatic N) is 1. The normalized spacial score (nSPS) is 11.4. The second-order valence-electron chi connectivity index (χ2n) is 4.52. The number of rotatable bonds is 7. The molecule has 0 aromatic carbocycles. The number of pyridine rings is 1. The van der Waals surface area contributed by atoms with Crippen molar-refractivity contribution in [2.24, 2.45) is 5.92 Å². The van der Waals surface area contributed by atoms with E-state index in [4.69, 9.17) is 4.74 Å². The molecule has 0 aliphatic rings. The Morgan fingerprint density at radius 2 is 2.28 bits per heavy atom. The Balaban J connectivity index is 2.64. The van der Waals surface area contributed by atoms with Crippen molar-refractivity contribution in [2.45, 2.75) is 27.3 Å². The third-order valence-corrected chi connectivity index (χ3v) is 2.31. The summed E-state index contributed by atoms with van der Waals surface area (Å²) in [6, 6.07) is 1.46. The number of aromatic nitrogens is 1. The quantitative estimate of drug-likeness (QED) is 0.758. The molecular weight excluding hydrogens is 231 g/mol. The zero-order valence-electron chi connectivity index (χ0n) is 11.2. The molecule has 0 amide bonds. The van der Waals surface area contributed by atoms with Crippen LogP contribution in [0.15, 0.2) is 24.4 Å². The molecule has 1 N–H and O–H groups in total. The molecule has 0 radical (unpaired) electrons. The lowest BCUT2D eigenvalue weighted by atomic mass is 10.2. The molecule has 1 rings (SSSR count). The first-order chi connectivity index (χ1) is 8.63. The fraction of sp³-hybridized carbons (Fsp3) is 0.500. The molecule has 1 aromatic heterocycles. The SMILES string of the molecule is C/C=C/COc1ncc(F)cc1CNCC(C)C. The molecule has 3 nitrogen and oxygen atoms in total. The van der Waals surface area contributed by atoms with Crippen LogP contribution in [0, 0.1) is 11.7 Å². The van der Waals surface area contributed by atoms with Crippen molar-refractivity contribution in [1.29, 1.82) is 0 Å². The van der Waals surface area contributed by atoms with Gasteiger partial charge in [-0.25, -0.2) is 9.37 Å². The summed E-state index contributed by atoms with van der Waals surface area (Å²) >= 11 is 0.